The van der Waals surface area contributed by atoms with Gasteiger partial charge >= 0.3 is 0 Å². The highest BCUT2D eigenvalue weighted by Gasteiger charge is 2.25. The summed E-state index contributed by atoms with van der Waals surface area (Å²) in [5.74, 6) is -5.84. The van der Waals surface area contributed by atoms with E-state index in [1.54, 1.807) is 13.0 Å². The molecule has 4 aromatic rings. The zero-order valence-electron chi connectivity index (χ0n) is 19.9. The average molecular weight is 496 g/mol. The summed E-state index contributed by atoms with van der Waals surface area (Å²) in [5.41, 5.74) is 2.68. The van der Waals surface area contributed by atoms with Gasteiger partial charge in [-0.15, -0.1) is 0 Å². The van der Waals surface area contributed by atoms with E-state index < -0.39 is 41.5 Å². The molecule has 2 heterocycles. The van der Waals surface area contributed by atoms with Gasteiger partial charge in [0.2, 0.25) is 5.91 Å². The van der Waals surface area contributed by atoms with Gasteiger partial charge < -0.3 is 14.7 Å². The lowest BCUT2D eigenvalue weighted by molar-refractivity contribution is -0.116. The van der Waals surface area contributed by atoms with Crippen LogP contribution in [0.1, 0.15) is 35.0 Å². The lowest BCUT2D eigenvalue weighted by atomic mass is 10.0. The fourth-order valence-electron chi connectivity index (χ4n) is 3.81. The Balaban J connectivity index is 1.67. The van der Waals surface area contributed by atoms with Gasteiger partial charge in [-0.25, -0.2) is 18.2 Å². The van der Waals surface area contributed by atoms with Gasteiger partial charge in [-0.05, 0) is 38.5 Å². The van der Waals surface area contributed by atoms with Crippen LogP contribution >= 0.6 is 0 Å². The maximum Gasteiger partial charge on any atom is 0.259 e. The average Bonchev–Trinajstić information content (AvgIpc) is 3.24. The first-order valence-electron chi connectivity index (χ1n) is 11.3. The highest BCUT2D eigenvalue weighted by atomic mass is 19.2. The molecule has 186 valence electrons. The first kappa shape index (κ1) is 24.9. The second-order valence-corrected chi connectivity index (χ2v) is 8.37. The summed E-state index contributed by atoms with van der Waals surface area (Å²) < 4.78 is 46.1. The number of benzene rings is 2. The number of nitrogens with zero attached hydrogens (tertiary/aromatic N) is 3. The van der Waals surface area contributed by atoms with Crippen LogP contribution in [0.2, 0.25) is 0 Å². The van der Waals surface area contributed by atoms with Crippen molar-refractivity contribution in [3.8, 4) is 11.3 Å². The zero-order valence-corrected chi connectivity index (χ0v) is 19.9. The largest absolute Gasteiger partial charge is 0.335 e. The van der Waals surface area contributed by atoms with Gasteiger partial charge in [0.15, 0.2) is 17.5 Å². The molecule has 0 unspecified atom stereocenters. The molecule has 0 aliphatic rings. The molecule has 1 N–H and O–H groups in total. The number of anilines is 1. The van der Waals surface area contributed by atoms with Crippen LogP contribution in [0.3, 0.4) is 0 Å². The Kier molecular flexibility index (Phi) is 7.05. The summed E-state index contributed by atoms with van der Waals surface area (Å²) in [6, 6.07) is 10.8. The van der Waals surface area contributed by atoms with Crippen molar-refractivity contribution in [2.45, 2.75) is 27.2 Å². The molecular formula is C26H23F3N4O3. The van der Waals surface area contributed by atoms with E-state index >= 15 is 0 Å². The van der Waals surface area contributed by atoms with E-state index in [1.165, 1.54) is 4.90 Å². The number of nitrogens with one attached hydrogen (secondary N) is 1. The molecule has 0 radical (unpaired) electrons. The first-order chi connectivity index (χ1) is 17.2. The van der Waals surface area contributed by atoms with E-state index in [0.717, 1.165) is 17.2 Å². The summed E-state index contributed by atoms with van der Waals surface area (Å²) in [4.78, 5) is 32.1. The van der Waals surface area contributed by atoms with Gasteiger partial charge in [-0.3, -0.25) is 9.59 Å². The van der Waals surface area contributed by atoms with Crippen molar-refractivity contribution >= 4 is 28.6 Å². The molecular weight excluding hydrogens is 473 g/mol. The van der Waals surface area contributed by atoms with E-state index in [-0.39, 0.29) is 17.8 Å². The SMILES string of the molecule is CCCN(CC(=O)Nc1ccc(F)c(F)c1F)C(=O)c1cc(-c2ccc(C)cc2)nc2onc(C)c12. The van der Waals surface area contributed by atoms with Crippen molar-refractivity contribution in [2.75, 3.05) is 18.4 Å². The third-order valence-electron chi connectivity index (χ3n) is 5.62. The third kappa shape index (κ3) is 4.93. The normalized spacial score (nSPS) is 11.1. The van der Waals surface area contributed by atoms with E-state index in [2.05, 4.69) is 15.5 Å². The number of carbonyl (C=O) groups excluding carboxylic acids is 2. The quantitative estimate of drug-likeness (QED) is 0.346. The molecule has 2 aromatic heterocycles. The van der Waals surface area contributed by atoms with Crippen molar-refractivity contribution in [1.82, 2.24) is 15.0 Å². The zero-order chi connectivity index (χ0) is 26.0. The topological polar surface area (TPSA) is 88.3 Å². The maximum atomic E-state index is 14.0. The molecule has 0 fully saturated rings. The van der Waals surface area contributed by atoms with Crippen LogP contribution in [0.25, 0.3) is 22.4 Å². The predicted octanol–water partition coefficient (Wildman–Crippen LogP) is 5.41. The van der Waals surface area contributed by atoms with E-state index in [1.807, 2.05) is 38.1 Å². The van der Waals surface area contributed by atoms with E-state index in [4.69, 9.17) is 4.52 Å². The molecule has 0 atom stereocenters. The number of halogens is 3. The van der Waals surface area contributed by atoms with Gasteiger partial charge in [0.05, 0.1) is 28.0 Å². The molecule has 7 nitrogen and oxygen atoms in total. The van der Waals surface area contributed by atoms with Gasteiger partial charge in [-0.1, -0.05) is 41.9 Å². The molecule has 0 aliphatic heterocycles. The molecule has 0 bridgehead atoms. The Morgan fingerprint density at radius 1 is 1.03 bits per heavy atom. The second kappa shape index (κ2) is 10.2. The Morgan fingerprint density at radius 3 is 2.44 bits per heavy atom. The van der Waals surface area contributed by atoms with Crippen LogP contribution < -0.4 is 5.32 Å². The number of aromatic nitrogens is 2. The molecule has 2 amide bonds. The van der Waals surface area contributed by atoms with Crippen molar-refractivity contribution in [3.05, 3.63) is 76.7 Å². The van der Waals surface area contributed by atoms with Crippen molar-refractivity contribution in [1.29, 1.82) is 0 Å². The second-order valence-electron chi connectivity index (χ2n) is 8.37. The number of aryl methyl sites for hydroxylation is 2. The maximum absolute atomic E-state index is 14.0. The number of hydrogen-bond acceptors (Lipinski definition) is 5. The standard InChI is InChI=1S/C26H23F3N4O3/c1-4-11-33(13-21(34)30-19-10-9-18(27)23(28)24(19)29)26(35)17-12-20(16-7-5-14(2)6-8-16)31-25-22(17)15(3)32-36-25/h5-10,12H,4,11,13H2,1-3H3,(H,30,34). The summed E-state index contributed by atoms with van der Waals surface area (Å²) in [5, 5.41) is 6.56. The van der Waals surface area contributed by atoms with Crippen molar-refractivity contribution in [2.24, 2.45) is 0 Å². The van der Waals surface area contributed by atoms with Crippen LogP contribution in [0.4, 0.5) is 18.9 Å². The molecule has 10 heteroatoms. The number of amides is 2. The van der Waals surface area contributed by atoms with E-state index in [0.29, 0.717) is 29.3 Å². The predicted molar refractivity (Wildman–Crippen MR) is 128 cm³/mol. The fourth-order valence-corrected chi connectivity index (χ4v) is 3.81. The van der Waals surface area contributed by atoms with Gasteiger partial charge in [0.25, 0.3) is 11.6 Å². The summed E-state index contributed by atoms with van der Waals surface area (Å²) >= 11 is 0. The van der Waals surface area contributed by atoms with Gasteiger partial charge in [0.1, 0.15) is 6.54 Å². The number of pyridine rings is 1. The molecule has 0 spiro atoms. The minimum Gasteiger partial charge on any atom is -0.335 e. The molecule has 36 heavy (non-hydrogen) atoms. The smallest absolute Gasteiger partial charge is 0.259 e. The van der Waals surface area contributed by atoms with E-state index in [9.17, 15) is 22.8 Å². The molecule has 4 rings (SSSR count). The summed E-state index contributed by atoms with van der Waals surface area (Å²) in [7, 11) is 0. The Morgan fingerprint density at radius 2 is 1.75 bits per heavy atom. The molecule has 0 saturated carbocycles. The molecule has 0 aliphatic carbocycles. The highest BCUT2D eigenvalue weighted by molar-refractivity contribution is 6.08. The minimum absolute atomic E-state index is 0.179. The number of hydrogen-bond donors (Lipinski definition) is 1. The Bertz CT molecular complexity index is 1450. The van der Waals surface area contributed by atoms with Gasteiger partial charge in [0, 0.05) is 12.1 Å². The highest BCUT2D eigenvalue weighted by Crippen LogP contribution is 2.28. The number of rotatable bonds is 7. The third-order valence-corrected chi connectivity index (χ3v) is 5.62. The van der Waals surface area contributed by atoms with Crippen molar-refractivity contribution < 1.29 is 27.3 Å². The van der Waals surface area contributed by atoms with Crippen LogP contribution in [0, 0.1) is 31.3 Å². The Hall–Kier alpha value is -4.21. The Labute approximate surface area is 204 Å². The lowest BCUT2D eigenvalue weighted by Crippen LogP contribution is -2.38. The monoisotopic (exact) mass is 496 g/mol. The number of fused-ring (bicyclic) bond motifs is 1. The fraction of sp³-hybridized carbons (Fsp3) is 0.231. The van der Waals surface area contributed by atoms with Gasteiger partial charge in [-0.2, -0.15) is 0 Å². The van der Waals surface area contributed by atoms with Crippen LogP contribution in [0.15, 0.2) is 47.0 Å². The molecule has 2 aromatic carbocycles. The minimum atomic E-state index is -1.69. The van der Waals surface area contributed by atoms with Crippen LogP contribution in [-0.2, 0) is 4.79 Å². The number of carbonyl (C=O) groups is 2. The van der Waals surface area contributed by atoms with Crippen LogP contribution in [-0.4, -0.2) is 39.9 Å². The molecule has 0 saturated heterocycles. The summed E-state index contributed by atoms with van der Waals surface area (Å²) in [6.07, 6.45) is 0.528. The van der Waals surface area contributed by atoms with Crippen molar-refractivity contribution in [3.63, 3.8) is 0 Å². The first-order valence-corrected chi connectivity index (χ1v) is 11.3. The lowest BCUT2D eigenvalue weighted by Gasteiger charge is -2.22. The van der Waals surface area contributed by atoms with Crippen LogP contribution in [0.5, 0.6) is 0 Å². The summed E-state index contributed by atoms with van der Waals surface area (Å²) in [6.45, 7) is 5.23.